The van der Waals surface area contributed by atoms with Crippen LogP contribution >= 0.6 is 0 Å². The van der Waals surface area contributed by atoms with Crippen molar-refractivity contribution in [3.05, 3.63) is 42.0 Å². The Morgan fingerprint density at radius 1 is 1.17 bits per heavy atom. The number of allylic oxidation sites excluding steroid dienone is 1. The Hall–Kier alpha value is -2.10. The number of hydrogen-bond donors (Lipinski definition) is 1. The number of ether oxygens (including phenoxy) is 1. The maximum atomic E-state index is 12.5. The molecule has 24 heavy (non-hydrogen) atoms. The molecule has 1 aromatic rings. The molecule has 0 aliphatic carbocycles. The zero-order valence-electron chi connectivity index (χ0n) is 15.2. The van der Waals surface area contributed by atoms with Crippen LogP contribution in [0.1, 0.15) is 46.6 Å². The van der Waals surface area contributed by atoms with Gasteiger partial charge in [0.2, 0.25) is 0 Å². The summed E-state index contributed by atoms with van der Waals surface area (Å²) in [5.74, 6) is -3.07. The highest BCUT2D eigenvalue weighted by Gasteiger charge is 2.37. The molecular formula is C20H28O4. The average Bonchev–Trinajstić information content (AvgIpc) is 2.44. The molecule has 132 valence electrons. The van der Waals surface area contributed by atoms with Crippen LogP contribution < -0.4 is 0 Å². The first kappa shape index (κ1) is 19.9. The number of carbonyl (C=O) groups is 2. The first-order valence-electron chi connectivity index (χ1n) is 8.29. The Morgan fingerprint density at radius 2 is 1.75 bits per heavy atom. The monoisotopic (exact) mass is 332 g/mol. The summed E-state index contributed by atoms with van der Waals surface area (Å²) >= 11 is 0. The summed E-state index contributed by atoms with van der Waals surface area (Å²) < 4.78 is 5.45. The molecule has 0 saturated carbocycles. The minimum absolute atomic E-state index is 0.162. The molecule has 0 saturated heterocycles. The molecule has 0 amide bonds. The fourth-order valence-corrected chi connectivity index (χ4v) is 2.60. The standard InChI is InChI=1S/C20H28O4/c1-14(2)17(18(21)22)16(19(23)24-20(3,4)5)13-9-12-15-10-7-6-8-11-15/h6-12,14,16-17H,13H2,1-5H3,(H,21,22)/b12-9-. The van der Waals surface area contributed by atoms with Crippen molar-refractivity contribution in [2.24, 2.45) is 17.8 Å². The fourth-order valence-electron chi connectivity index (χ4n) is 2.60. The fraction of sp³-hybridized carbons (Fsp3) is 0.500. The van der Waals surface area contributed by atoms with Gasteiger partial charge in [0.05, 0.1) is 11.8 Å². The largest absolute Gasteiger partial charge is 0.481 e. The number of carboxylic acid groups (broad SMARTS) is 1. The summed E-state index contributed by atoms with van der Waals surface area (Å²) in [5.41, 5.74) is 0.371. The number of carbonyl (C=O) groups excluding carboxylic acids is 1. The second kappa shape index (κ2) is 8.67. The number of hydrogen-bond acceptors (Lipinski definition) is 3. The van der Waals surface area contributed by atoms with Gasteiger partial charge in [-0.15, -0.1) is 0 Å². The molecule has 1 rings (SSSR count). The molecule has 4 heteroatoms. The first-order chi connectivity index (χ1) is 11.1. The topological polar surface area (TPSA) is 63.6 Å². The summed E-state index contributed by atoms with van der Waals surface area (Å²) in [6.07, 6.45) is 4.08. The Labute approximate surface area is 144 Å². The average molecular weight is 332 g/mol. The zero-order chi connectivity index (χ0) is 18.3. The predicted molar refractivity (Wildman–Crippen MR) is 95.4 cm³/mol. The molecule has 0 spiro atoms. The second-order valence-electron chi connectivity index (χ2n) is 7.30. The van der Waals surface area contributed by atoms with Crippen LogP contribution in [0.4, 0.5) is 0 Å². The lowest BCUT2D eigenvalue weighted by molar-refractivity contribution is -0.167. The minimum atomic E-state index is -0.964. The van der Waals surface area contributed by atoms with Crippen molar-refractivity contribution in [3.8, 4) is 0 Å². The number of esters is 1. The third kappa shape index (κ3) is 6.57. The van der Waals surface area contributed by atoms with Gasteiger partial charge in [-0.25, -0.2) is 0 Å². The van der Waals surface area contributed by atoms with E-state index in [0.717, 1.165) is 5.56 Å². The smallest absolute Gasteiger partial charge is 0.310 e. The zero-order valence-corrected chi connectivity index (χ0v) is 15.2. The van der Waals surface area contributed by atoms with Gasteiger partial charge in [-0.1, -0.05) is 56.3 Å². The van der Waals surface area contributed by atoms with E-state index >= 15 is 0 Å². The van der Waals surface area contributed by atoms with Crippen molar-refractivity contribution < 1.29 is 19.4 Å². The van der Waals surface area contributed by atoms with Gasteiger partial charge >= 0.3 is 11.9 Å². The summed E-state index contributed by atoms with van der Waals surface area (Å²) in [7, 11) is 0. The van der Waals surface area contributed by atoms with E-state index in [-0.39, 0.29) is 5.92 Å². The van der Waals surface area contributed by atoms with Crippen molar-refractivity contribution in [1.82, 2.24) is 0 Å². The van der Waals surface area contributed by atoms with Gasteiger partial charge in [-0.2, -0.15) is 0 Å². The summed E-state index contributed by atoms with van der Waals surface area (Å²) in [4.78, 5) is 24.2. The number of carboxylic acids is 1. The highest BCUT2D eigenvalue weighted by atomic mass is 16.6. The lowest BCUT2D eigenvalue weighted by atomic mass is 9.81. The normalized spacial score (nSPS) is 14.6. The maximum Gasteiger partial charge on any atom is 0.310 e. The molecule has 2 atom stereocenters. The Kier molecular flexibility index (Phi) is 7.20. The van der Waals surface area contributed by atoms with Crippen molar-refractivity contribution in [2.75, 3.05) is 0 Å². The Balaban J connectivity index is 2.97. The van der Waals surface area contributed by atoms with Gasteiger partial charge in [0.15, 0.2) is 0 Å². The summed E-state index contributed by atoms with van der Waals surface area (Å²) in [6, 6.07) is 9.70. The summed E-state index contributed by atoms with van der Waals surface area (Å²) in [6.45, 7) is 8.99. The van der Waals surface area contributed by atoms with E-state index in [4.69, 9.17) is 4.74 Å². The highest BCUT2D eigenvalue weighted by Crippen LogP contribution is 2.28. The van der Waals surface area contributed by atoms with Crippen LogP contribution in [0.2, 0.25) is 0 Å². The first-order valence-corrected chi connectivity index (χ1v) is 8.29. The molecule has 0 aliphatic rings. The predicted octanol–water partition coefficient (Wildman–Crippen LogP) is 4.40. The quantitative estimate of drug-likeness (QED) is 0.751. The molecular weight excluding hydrogens is 304 g/mol. The van der Waals surface area contributed by atoms with Crippen molar-refractivity contribution in [3.63, 3.8) is 0 Å². The second-order valence-corrected chi connectivity index (χ2v) is 7.30. The van der Waals surface area contributed by atoms with Crippen molar-refractivity contribution >= 4 is 18.0 Å². The molecule has 4 nitrogen and oxygen atoms in total. The van der Waals surface area contributed by atoms with Crippen LogP contribution in [0.25, 0.3) is 6.08 Å². The highest BCUT2D eigenvalue weighted by molar-refractivity contribution is 5.81. The number of rotatable bonds is 7. The van der Waals surface area contributed by atoms with Gasteiger partial charge in [-0.3, -0.25) is 9.59 Å². The molecule has 0 radical (unpaired) electrons. The van der Waals surface area contributed by atoms with Crippen LogP contribution in [-0.4, -0.2) is 22.6 Å². The molecule has 0 aliphatic heterocycles. The van der Waals surface area contributed by atoms with Crippen LogP contribution in [0.3, 0.4) is 0 Å². The molecule has 2 unspecified atom stereocenters. The van der Waals surface area contributed by atoms with Gasteiger partial charge in [0.25, 0.3) is 0 Å². The van der Waals surface area contributed by atoms with E-state index in [0.29, 0.717) is 6.42 Å². The van der Waals surface area contributed by atoms with E-state index in [2.05, 4.69) is 0 Å². The van der Waals surface area contributed by atoms with Gasteiger partial charge in [0.1, 0.15) is 5.60 Å². The Morgan fingerprint density at radius 3 is 2.21 bits per heavy atom. The van der Waals surface area contributed by atoms with Crippen LogP contribution in [0, 0.1) is 17.8 Å². The van der Waals surface area contributed by atoms with Crippen molar-refractivity contribution in [1.29, 1.82) is 0 Å². The lowest BCUT2D eigenvalue weighted by Crippen LogP contribution is -2.37. The molecule has 0 bridgehead atoms. The number of aliphatic carboxylic acids is 1. The van der Waals surface area contributed by atoms with Crippen molar-refractivity contribution in [2.45, 2.75) is 46.6 Å². The van der Waals surface area contributed by atoms with E-state index in [1.165, 1.54) is 0 Å². The van der Waals surface area contributed by atoms with E-state index < -0.39 is 29.4 Å². The van der Waals surface area contributed by atoms with Gasteiger partial charge < -0.3 is 9.84 Å². The molecule has 1 N–H and O–H groups in total. The minimum Gasteiger partial charge on any atom is -0.481 e. The van der Waals surface area contributed by atoms with Crippen LogP contribution in [0.15, 0.2) is 36.4 Å². The number of benzene rings is 1. The van der Waals surface area contributed by atoms with E-state index in [9.17, 15) is 14.7 Å². The molecule has 0 aromatic heterocycles. The SMILES string of the molecule is CC(C)C(C(=O)O)C(C/C=C\c1ccccc1)C(=O)OC(C)(C)C. The summed E-state index contributed by atoms with van der Waals surface area (Å²) in [5, 5.41) is 9.55. The van der Waals surface area contributed by atoms with Crippen LogP contribution in [0.5, 0.6) is 0 Å². The van der Waals surface area contributed by atoms with E-state index in [1.807, 2.05) is 56.3 Å². The van der Waals surface area contributed by atoms with Crippen LogP contribution in [-0.2, 0) is 14.3 Å². The van der Waals surface area contributed by atoms with E-state index in [1.54, 1.807) is 20.8 Å². The lowest BCUT2D eigenvalue weighted by Gasteiger charge is -2.28. The molecule has 0 fully saturated rings. The van der Waals surface area contributed by atoms with Gasteiger partial charge in [0, 0.05) is 0 Å². The molecule has 1 aromatic carbocycles. The molecule has 0 heterocycles. The van der Waals surface area contributed by atoms with Gasteiger partial charge in [-0.05, 0) is 38.7 Å². The third-order valence-corrected chi connectivity index (χ3v) is 3.65. The Bertz CT molecular complexity index is 567. The maximum absolute atomic E-state index is 12.5. The third-order valence-electron chi connectivity index (χ3n) is 3.65.